The molecule has 0 spiro atoms. The van der Waals surface area contributed by atoms with Crippen LogP contribution in [-0.4, -0.2) is 17.2 Å². The maximum atomic E-state index is 5.40. The van der Waals surface area contributed by atoms with E-state index in [1.165, 1.54) is 0 Å². The van der Waals surface area contributed by atoms with E-state index in [1.807, 2.05) is 20.0 Å². The van der Waals surface area contributed by atoms with E-state index < -0.39 is 0 Å². The van der Waals surface area contributed by atoms with Gasteiger partial charge < -0.3 is 11.1 Å². The molecule has 4 heteroatoms. The lowest BCUT2D eigenvalue weighted by Crippen LogP contribution is -2.12. The lowest BCUT2D eigenvalue weighted by atomic mass is 10.2. The van der Waals surface area contributed by atoms with Gasteiger partial charge in [0.2, 0.25) is 0 Å². The summed E-state index contributed by atoms with van der Waals surface area (Å²) in [6.07, 6.45) is 0. The van der Waals surface area contributed by atoms with Gasteiger partial charge in [0.15, 0.2) is 0 Å². The average Bonchev–Trinajstić information content (AvgIpc) is 2.34. The van der Waals surface area contributed by atoms with Crippen molar-refractivity contribution in [3.63, 3.8) is 0 Å². The monoisotopic (exact) mass is 140 g/mol. The van der Waals surface area contributed by atoms with Gasteiger partial charge in [0, 0.05) is 12.1 Å². The van der Waals surface area contributed by atoms with Gasteiger partial charge in [-0.1, -0.05) is 0 Å². The highest BCUT2D eigenvalue weighted by Gasteiger charge is 2.03. The molecule has 0 amide bonds. The summed E-state index contributed by atoms with van der Waals surface area (Å²) >= 11 is 0. The van der Waals surface area contributed by atoms with Gasteiger partial charge in [-0.05, 0) is 14.0 Å². The second kappa shape index (κ2) is 2.70. The van der Waals surface area contributed by atoms with Crippen LogP contribution in [0.25, 0.3) is 0 Å². The number of rotatable bonds is 2. The molecule has 0 radical (unpaired) electrons. The lowest BCUT2D eigenvalue weighted by Gasteiger charge is -2.04. The fourth-order valence-corrected chi connectivity index (χ4v) is 0.730. The molecule has 1 heterocycles. The first-order valence-corrected chi connectivity index (χ1v) is 3.22. The Hall–Kier alpha value is -1.03. The zero-order chi connectivity index (χ0) is 7.56. The number of aromatic nitrogens is 2. The van der Waals surface area contributed by atoms with Crippen molar-refractivity contribution in [3.05, 3.63) is 11.8 Å². The fraction of sp³-hybridized carbons (Fsp3) is 0.500. The van der Waals surface area contributed by atoms with Gasteiger partial charge in [-0.15, -0.1) is 0 Å². The number of anilines is 1. The Balaban J connectivity index is 2.74. The third kappa shape index (κ3) is 1.27. The molecule has 0 saturated carbocycles. The van der Waals surface area contributed by atoms with Crippen LogP contribution in [0.1, 0.15) is 18.7 Å². The van der Waals surface area contributed by atoms with Crippen molar-refractivity contribution in [2.75, 3.05) is 12.8 Å². The van der Waals surface area contributed by atoms with E-state index in [4.69, 9.17) is 5.73 Å². The average molecular weight is 140 g/mol. The Kier molecular flexibility index (Phi) is 1.91. The minimum atomic E-state index is 0.282. The Morgan fingerprint density at radius 3 is 2.90 bits per heavy atom. The minimum Gasteiger partial charge on any atom is -0.382 e. The third-order valence-electron chi connectivity index (χ3n) is 1.52. The predicted molar refractivity (Wildman–Crippen MR) is 40.5 cm³/mol. The SMILES string of the molecule is CNC(C)c1cc(N)n[nH]1. The molecule has 0 aliphatic carbocycles. The second-order valence-corrected chi connectivity index (χ2v) is 2.26. The molecule has 0 aliphatic heterocycles. The molecule has 4 N–H and O–H groups in total. The summed E-state index contributed by atoms with van der Waals surface area (Å²) in [7, 11) is 1.89. The highest BCUT2D eigenvalue weighted by atomic mass is 15.2. The quantitative estimate of drug-likeness (QED) is 0.552. The molecular formula is C6H12N4. The molecule has 10 heavy (non-hydrogen) atoms. The minimum absolute atomic E-state index is 0.282. The Bertz CT molecular complexity index is 205. The van der Waals surface area contributed by atoms with E-state index in [9.17, 15) is 0 Å². The van der Waals surface area contributed by atoms with Crippen molar-refractivity contribution in [1.82, 2.24) is 15.5 Å². The van der Waals surface area contributed by atoms with Crippen molar-refractivity contribution in [2.24, 2.45) is 0 Å². The summed E-state index contributed by atoms with van der Waals surface area (Å²) in [6, 6.07) is 2.10. The van der Waals surface area contributed by atoms with Gasteiger partial charge in [-0.25, -0.2) is 0 Å². The highest BCUT2D eigenvalue weighted by Crippen LogP contribution is 2.09. The number of nitrogens with one attached hydrogen (secondary N) is 2. The largest absolute Gasteiger partial charge is 0.382 e. The van der Waals surface area contributed by atoms with Crippen LogP contribution in [0.4, 0.5) is 5.82 Å². The van der Waals surface area contributed by atoms with Gasteiger partial charge in [0.25, 0.3) is 0 Å². The molecule has 56 valence electrons. The topological polar surface area (TPSA) is 66.7 Å². The first kappa shape index (κ1) is 7.08. The molecule has 0 aliphatic rings. The number of hydrogen-bond donors (Lipinski definition) is 3. The number of nitrogens with two attached hydrogens (primary N) is 1. The zero-order valence-electron chi connectivity index (χ0n) is 6.18. The van der Waals surface area contributed by atoms with E-state index in [1.54, 1.807) is 0 Å². The number of nitrogens with zero attached hydrogens (tertiary/aromatic N) is 1. The van der Waals surface area contributed by atoms with Gasteiger partial charge >= 0.3 is 0 Å². The Morgan fingerprint density at radius 2 is 2.50 bits per heavy atom. The smallest absolute Gasteiger partial charge is 0.145 e. The summed E-state index contributed by atoms with van der Waals surface area (Å²) in [6.45, 7) is 2.03. The molecule has 1 aromatic heterocycles. The van der Waals surface area contributed by atoms with Gasteiger partial charge in [0.05, 0.1) is 5.69 Å². The summed E-state index contributed by atoms with van der Waals surface area (Å²) in [4.78, 5) is 0. The molecule has 0 aromatic carbocycles. The van der Waals surface area contributed by atoms with Crippen molar-refractivity contribution in [2.45, 2.75) is 13.0 Å². The van der Waals surface area contributed by atoms with E-state index in [-0.39, 0.29) is 6.04 Å². The van der Waals surface area contributed by atoms with Crippen LogP contribution < -0.4 is 11.1 Å². The first-order chi connectivity index (χ1) is 4.74. The number of H-pyrrole nitrogens is 1. The molecule has 4 nitrogen and oxygen atoms in total. The van der Waals surface area contributed by atoms with Crippen LogP contribution in [0.2, 0.25) is 0 Å². The van der Waals surface area contributed by atoms with Crippen LogP contribution >= 0.6 is 0 Å². The van der Waals surface area contributed by atoms with E-state index in [2.05, 4.69) is 15.5 Å². The van der Waals surface area contributed by atoms with Crippen molar-refractivity contribution >= 4 is 5.82 Å². The second-order valence-electron chi connectivity index (χ2n) is 2.26. The Labute approximate surface area is 59.8 Å². The van der Waals surface area contributed by atoms with Gasteiger partial charge in [-0.2, -0.15) is 5.10 Å². The van der Waals surface area contributed by atoms with Gasteiger partial charge in [-0.3, -0.25) is 5.10 Å². The Morgan fingerprint density at radius 1 is 1.80 bits per heavy atom. The van der Waals surface area contributed by atoms with Gasteiger partial charge in [0.1, 0.15) is 5.82 Å². The molecule has 1 rings (SSSR count). The van der Waals surface area contributed by atoms with E-state index in [0.29, 0.717) is 5.82 Å². The number of hydrogen-bond acceptors (Lipinski definition) is 3. The van der Waals surface area contributed by atoms with E-state index >= 15 is 0 Å². The summed E-state index contributed by atoms with van der Waals surface area (Å²) in [5.74, 6) is 0.539. The van der Waals surface area contributed by atoms with Crippen molar-refractivity contribution in [3.8, 4) is 0 Å². The highest BCUT2D eigenvalue weighted by molar-refractivity contribution is 5.29. The summed E-state index contributed by atoms with van der Waals surface area (Å²) < 4.78 is 0. The molecule has 0 fully saturated rings. The number of nitrogen functional groups attached to an aromatic ring is 1. The van der Waals surface area contributed by atoms with Crippen LogP contribution in [0.15, 0.2) is 6.07 Å². The molecule has 1 unspecified atom stereocenters. The standard InChI is InChI=1S/C6H12N4/c1-4(8-2)5-3-6(7)10-9-5/h3-4,8H,1-2H3,(H3,7,9,10). The molecule has 1 aromatic rings. The zero-order valence-corrected chi connectivity index (χ0v) is 6.18. The summed E-state index contributed by atoms with van der Waals surface area (Å²) in [5, 5.41) is 9.68. The first-order valence-electron chi connectivity index (χ1n) is 3.22. The van der Waals surface area contributed by atoms with Crippen molar-refractivity contribution in [1.29, 1.82) is 0 Å². The third-order valence-corrected chi connectivity index (χ3v) is 1.52. The maximum absolute atomic E-state index is 5.40. The molecule has 1 atom stereocenters. The van der Waals surface area contributed by atoms with Crippen LogP contribution in [0.5, 0.6) is 0 Å². The predicted octanol–water partition coefficient (Wildman–Crippen LogP) is 0.272. The molecule has 0 saturated heterocycles. The van der Waals surface area contributed by atoms with Crippen LogP contribution in [0, 0.1) is 0 Å². The van der Waals surface area contributed by atoms with Crippen LogP contribution in [-0.2, 0) is 0 Å². The normalized spacial score (nSPS) is 13.4. The van der Waals surface area contributed by atoms with Crippen molar-refractivity contribution < 1.29 is 0 Å². The molecule has 0 bridgehead atoms. The lowest BCUT2D eigenvalue weighted by molar-refractivity contribution is 0.630. The summed E-state index contributed by atoms with van der Waals surface area (Å²) in [5.41, 5.74) is 6.41. The number of aromatic amines is 1. The van der Waals surface area contributed by atoms with Crippen LogP contribution in [0.3, 0.4) is 0 Å². The maximum Gasteiger partial charge on any atom is 0.145 e. The molecular weight excluding hydrogens is 128 g/mol. The fourth-order valence-electron chi connectivity index (χ4n) is 0.730. The van der Waals surface area contributed by atoms with E-state index in [0.717, 1.165) is 5.69 Å².